The minimum atomic E-state index is -0.0252. The van der Waals surface area contributed by atoms with Crippen LogP contribution in [0.1, 0.15) is 48.5 Å². The highest BCUT2D eigenvalue weighted by Gasteiger charge is 2.23. The van der Waals surface area contributed by atoms with Crippen molar-refractivity contribution in [2.45, 2.75) is 44.8 Å². The number of amides is 2. The number of carbonyl (C=O) groups excluding carboxylic acids is 2. The van der Waals surface area contributed by atoms with Gasteiger partial charge in [0.05, 0.1) is 6.10 Å². The summed E-state index contributed by atoms with van der Waals surface area (Å²) in [7, 11) is 0. The fourth-order valence-corrected chi connectivity index (χ4v) is 2.92. The lowest BCUT2D eigenvalue weighted by Gasteiger charge is -2.22. The number of carbonyl (C=O) groups is 2. The van der Waals surface area contributed by atoms with Gasteiger partial charge < -0.3 is 15.0 Å². The number of nitrogens with zero attached hydrogens (tertiary/aromatic N) is 1. The number of hydrogen-bond acceptors (Lipinski definition) is 3. The minimum Gasteiger partial charge on any atom is -0.376 e. The van der Waals surface area contributed by atoms with Gasteiger partial charge in [-0.25, -0.2) is 0 Å². The first-order valence-electron chi connectivity index (χ1n) is 9.15. The van der Waals surface area contributed by atoms with Crippen molar-refractivity contribution in [2.75, 3.05) is 19.7 Å². The van der Waals surface area contributed by atoms with Crippen LogP contribution in [0.25, 0.3) is 6.08 Å². The van der Waals surface area contributed by atoms with E-state index >= 15 is 0 Å². The quantitative estimate of drug-likeness (QED) is 0.775. The van der Waals surface area contributed by atoms with Gasteiger partial charge in [0.25, 0.3) is 5.91 Å². The molecule has 5 nitrogen and oxygen atoms in total. The number of ether oxygens (including phenoxy) is 1. The summed E-state index contributed by atoms with van der Waals surface area (Å²) in [6.45, 7) is 4.10. The van der Waals surface area contributed by atoms with Gasteiger partial charge in [-0.2, -0.15) is 0 Å². The topological polar surface area (TPSA) is 58.6 Å². The normalized spacial score (nSPS) is 20.0. The van der Waals surface area contributed by atoms with Gasteiger partial charge in [-0.1, -0.05) is 12.1 Å². The molecule has 1 N–H and O–H groups in total. The number of hydrogen-bond donors (Lipinski definition) is 1. The van der Waals surface area contributed by atoms with Gasteiger partial charge in [0.1, 0.15) is 0 Å². The first-order chi connectivity index (χ1) is 12.2. The smallest absolute Gasteiger partial charge is 0.251 e. The zero-order chi connectivity index (χ0) is 17.6. The molecule has 1 aromatic carbocycles. The van der Waals surface area contributed by atoms with E-state index in [0.717, 1.165) is 37.9 Å². The predicted molar refractivity (Wildman–Crippen MR) is 97.2 cm³/mol. The van der Waals surface area contributed by atoms with E-state index in [9.17, 15) is 9.59 Å². The van der Waals surface area contributed by atoms with Crippen LogP contribution in [0.2, 0.25) is 0 Å². The van der Waals surface area contributed by atoms with Crippen LogP contribution in [0.3, 0.4) is 0 Å². The fraction of sp³-hybridized carbons (Fsp3) is 0.500. The van der Waals surface area contributed by atoms with Crippen LogP contribution < -0.4 is 5.32 Å². The number of nitrogens with one attached hydrogen (secondary N) is 1. The zero-order valence-electron chi connectivity index (χ0n) is 14.7. The van der Waals surface area contributed by atoms with Crippen molar-refractivity contribution in [3.63, 3.8) is 0 Å². The molecular formula is C20H26N2O3. The Bertz CT molecular complexity index is 629. The van der Waals surface area contributed by atoms with Crippen molar-refractivity contribution in [3.8, 4) is 0 Å². The van der Waals surface area contributed by atoms with Crippen LogP contribution in [0.15, 0.2) is 30.3 Å². The lowest BCUT2D eigenvalue weighted by molar-refractivity contribution is -0.127. The standard InChI is InChI=1S/C20H26N2O3/c1-2-22(14-18-4-3-13-25-18)19(23)12-7-15-5-8-16(9-6-15)20(24)21-17-10-11-17/h5-9,12,17-18H,2-4,10-11,13-14H2,1H3,(H,21,24)/b12-7+. The van der Waals surface area contributed by atoms with E-state index in [-0.39, 0.29) is 17.9 Å². The predicted octanol–water partition coefficient (Wildman–Crippen LogP) is 2.62. The van der Waals surface area contributed by atoms with Gasteiger partial charge in [0.2, 0.25) is 5.91 Å². The average molecular weight is 342 g/mol. The van der Waals surface area contributed by atoms with Crippen LogP contribution in [0, 0.1) is 0 Å². The van der Waals surface area contributed by atoms with Crippen molar-refractivity contribution in [3.05, 3.63) is 41.5 Å². The van der Waals surface area contributed by atoms with Gasteiger partial charge in [-0.15, -0.1) is 0 Å². The molecule has 1 atom stereocenters. The van der Waals surface area contributed by atoms with Gasteiger partial charge >= 0.3 is 0 Å². The highest BCUT2D eigenvalue weighted by molar-refractivity contribution is 5.95. The molecule has 3 rings (SSSR count). The molecule has 1 heterocycles. The zero-order valence-corrected chi connectivity index (χ0v) is 14.7. The summed E-state index contributed by atoms with van der Waals surface area (Å²) in [6, 6.07) is 7.68. The summed E-state index contributed by atoms with van der Waals surface area (Å²) in [5.74, 6) is -0.0311. The van der Waals surface area contributed by atoms with Crippen molar-refractivity contribution in [2.24, 2.45) is 0 Å². The Balaban J connectivity index is 1.54. The molecule has 0 bridgehead atoms. The summed E-state index contributed by atoms with van der Waals surface area (Å²) in [5, 5.41) is 2.97. The molecule has 0 aromatic heterocycles. The summed E-state index contributed by atoms with van der Waals surface area (Å²) < 4.78 is 5.61. The molecule has 25 heavy (non-hydrogen) atoms. The third-order valence-electron chi connectivity index (χ3n) is 4.65. The van der Waals surface area contributed by atoms with Gasteiger partial charge in [0, 0.05) is 37.4 Å². The lowest BCUT2D eigenvalue weighted by atomic mass is 10.1. The monoisotopic (exact) mass is 342 g/mol. The fourth-order valence-electron chi connectivity index (χ4n) is 2.92. The largest absolute Gasteiger partial charge is 0.376 e. The summed E-state index contributed by atoms with van der Waals surface area (Å²) in [5.41, 5.74) is 1.56. The lowest BCUT2D eigenvalue weighted by Crippen LogP contribution is -2.36. The third-order valence-corrected chi connectivity index (χ3v) is 4.65. The van der Waals surface area contributed by atoms with Crippen LogP contribution in [0.4, 0.5) is 0 Å². The molecule has 0 spiro atoms. The molecule has 134 valence electrons. The Morgan fingerprint density at radius 3 is 2.60 bits per heavy atom. The first-order valence-corrected chi connectivity index (χ1v) is 9.15. The van der Waals surface area contributed by atoms with Crippen molar-refractivity contribution >= 4 is 17.9 Å². The molecule has 1 unspecified atom stereocenters. The van der Waals surface area contributed by atoms with Crippen molar-refractivity contribution < 1.29 is 14.3 Å². The van der Waals surface area contributed by atoms with Crippen LogP contribution in [0.5, 0.6) is 0 Å². The molecular weight excluding hydrogens is 316 g/mol. The molecule has 1 saturated carbocycles. The van der Waals surface area contributed by atoms with E-state index in [1.165, 1.54) is 0 Å². The van der Waals surface area contributed by atoms with Crippen molar-refractivity contribution in [1.82, 2.24) is 10.2 Å². The molecule has 5 heteroatoms. The average Bonchev–Trinajstić information content (AvgIpc) is 3.29. The maximum Gasteiger partial charge on any atom is 0.251 e. The highest BCUT2D eigenvalue weighted by atomic mass is 16.5. The minimum absolute atomic E-state index is 0.00597. The maximum absolute atomic E-state index is 12.4. The highest BCUT2D eigenvalue weighted by Crippen LogP contribution is 2.19. The Kier molecular flexibility index (Phi) is 5.87. The van der Waals surface area contributed by atoms with E-state index in [0.29, 0.717) is 24.7 Å². The molecule has 1 aromatic rings. The van der Waals surface area contributed by atoms with Crippen LogP contribution >= 0.6 is 0 Å². The second-order valence-electron chi connectivity index (χ2n) is 6.71. The van der Waals surface area contributed by atoms with Crippen LogP contribution in [-0.2, 0) is 9.53 Å². The van der Waals surface area contributed by atoms with E-state index in [4.69, 9.17) is 4.74 Å². The summed E-state index contributed by atoms with van der Waals surface area (Å²) in [6.07, 6.45) is 7.82. The molecule has 1 saturated heterocycles. The molecule has 2 amide bonds. The summed E-state index contributed by atoms with van der Waals surface area (Å²) in [4.78, 5) is 26.1. The second-order valence-corrected chi connectivity index (χ2v) is 6.71. The third kappa shape index (κ3) is 5.16. The molecule has 2 aliphatic rings. The molecule has 1 aliphatic carbocycles. The van der Waals surface area contributed by atoms with Gasteiger partial charge in [0.15, 0.2) is 0 Å². The van der Waals surface area contributed by atoms with E-state index in [1.54, 1.807) is 24.3 Å². The second kappa shape index (κ2) is 8.30. The van der Waals surface area contributed by atoms with Gasteiger partial charge in [-0.05, 0) is 56.4 Å². The molecule has 0 radical (unpaired) electrons. The van der Waals surface area contributed by atoms with E-state index < -0.39 is 0 Å². The Labute approximate surface area is 149 Å². The SMILES string of the molecule is CCN(CC1CCCO1)C(=O)/C=C/c1ccc(C(=O)NC2CC2)cc1. The van der Waals surface area contributed by atoms with Crippen LogP contribution in [-0.4, -0.2) is 48.6 Å². The van der Waals surface area contributed by atoms with E-state index in [1.807, 2.05) is 24.0 Å². The Morgan fingerprint density at radius 2 is 2.00 bits per heavy atom. The first kappa shape index (κ1) is 17.7. The Morgan fingerprint density at radius 1 is 1.24 bits per heavy atom. The van der Waals surface area contributed by atoms with Crippen molar-refractivity contribution in [1.29, 1.82) is 0 Å². The van der Waals surface area contributed by atoms with E-state index in [2.05, 4.69) is 5.32 Å². The number of rotatable bonds is 7. The number of benzene rings is 1. The van der Waals surface area contributed by atoms with Gasteiger partial charge in [-0.3, -0.25) is 9.59 Å². The summed E-state index contributed by atoms with van der Waals surface area (Å²) >= 11 is 0. The maximum atomic E-state index is 12.4. The molecule has 1 aliphatic heterocycles. The molecule has 2 fully saturated rings. The Hall–Kier alpha value is -2.14. The number of likely N-dealkylation sites (N-methyl/N-ethyl adjacent to an activating group) is 1.